The van der Waals surface area contributed by atoms with E-state index in [9.17, 15) is 4.79 Å². The van der Waals surface area contributed by atoms with Crippen molar-refractivity contribution in [2.45, 2.75) is 44.9 Å². The van der Waals surface area contributed by atoms with E-state index in [1.54, 1.807) is 7.11 Å². The molecule has 0 bridgehead atoms. The van der Waals surface area contributed by atoms with E-state index in [0.29, 0.717) is 0 Å². The van der Waals surface area contributed by atoms with Crippen LogP contribution in [0.3, 0.4) is 0 Å². The van der Waals surface area contributed by atoms with Crippen LogP contribution < -0.4 is 10.1 Å². The van der Waals surface area contributed by atoms with Gasteiger partial charge >= 0.3 is 0 Å². The molecule has 0 aromatic heterocycles. The Morgan fingerprint density at radius 1 is 1.33 bits per heavy atom. The van der Waals surface area contributed by atoms with Crippen LogP contribution >= 0.6 is 0 Å². The van der Waals surface area contributed by atoms with Gasteiger partial charge in [-0.1, -0.05) is 26.7 Å². The number of fused-ring (bicyclic) bond motifs is 1. The average Bonchev–Trinajstić information content (AvgIpc) is 2.68. The third kappa shape index (κ3) is 1.88. The minimum Gasteiger partial charge on any atom is -0.497 e. The molecule has 1 heterocycles. The summed E-state index contributed by atoms with van der Waals surface area (Å²) in [5.74, 6) is 0.960. The zero-order valence-electron chi connectivity index (χ0n) is 11.4. The second kappa shape index (κ2) is 5.01. The summed E-state index contributed by atoms with van der Waals surface area (Å²) < 4.78 is 5.28. The van der Waals surface area contributed by atoms with Gasteiger partial charge in [-0.25, -0.2) is 0 Å². The second-order valence-corrected chi connectivity index (χ2v) is 4.90. The first-order chi connectivity index (χ1) is 8.67. The van der Waals surface area contributed by atoms with Crippen LogP contribution in [0.1, 0.15) is 45.1 Å². The second-order valence-electron chi connectivity index (χ2n) is 4.90. The fourth-order valence-electron chi connectivity index (χ4n) is 2.77. The molecule has 1 aromatic rings. The Bertz CT molecular complexity index is 456. The standard InChI is InChI=1S/C15H21NO2/c1-4-6-9-15(5-2)12-10-11(18-3)7-8-13(12)16-14(15)17/h7-8,10H,4-6,9H2,1-3H3,(H,16,17). The van der Waals surface area contributed by atoms with E-state index in [4.69, 9.17) is 4.74 Å². The predicted octanol–water partition coefficient (Wildman–Crippen LogP) is 3.49. The van der Waals surface area contributed by atoms with Crippen LogP contribution in [0.15, 0.2) is 18.2 Å². The van der Waals surface area contributed by atoms with Gasteiger partial charge in [-0.15, -0.1) is 0 Å². The van der Waals surface area contributed by atoms with Crippen LogP contribution in [0, 0.1) is 0 Å². The monoisotopic (exact) mass is 247 g/mol. The lowest BCUT2D eigenvalue weighted by Crippen LogP contribution is -2.33. The van der Waals surface area contributed by atoms with E-state index in [1.165, 1.54) is 0 Å². The fourth-order valence-corrected chi connectivity index (χ4v) is 2.77. The first-order valence-corrected chi connectivity index (χ1v) is 6.68. The summed E-state index contributed by atoms with van der Waals surface area (Å²) in [5, 5.41) is 3.00. The van der Waals surface area contributed by atoms with Gasteiger partial charge in [0.2, 0.25) is 5.91 Å². The summed E-state index contributed by atoms with van der Waals surface area (Å²) in [6.07, 6.45) is 3.91. The summed E-state index contributed by atoms with van der Waals surface area (Å²) in [6.45, 7) is 4.24. The van der Waals surface area contributed by atoms with E-state index in [-0.39, 0.29) is 11.3 Å². The Morgan fingerprint density at radius 2 is 2.11 bits per heavy atom. The van der Waals surface area contributed by atoms with Gasteiger partial charge in [0, 0.05) is 5.69 Å². The minimum atomic E-state index is -0.361. The van der Waals surface area contributed by atoms with E-state index in [1.807, 2.05) is 18.2 Å². The van der Waals surface area contributed by atoms with Gasteiger partial charge in [0.05, 0.1) is 12.5 Å². The molecule has 0 saturated carbocycles. The lowest BCUT2D eigenvalue weighted by atomic mass is 9.75. The number of methoxy groups -OCH3 is 1. The van der Waals surface area contributed by atoms with E-state index in [2.05, 4.69) is 19.2 Å². The molecule has 1 atom stereocenters. The molecule has 0 radical (unpaired) electrons. The molecule has 0 spiro atoms. The number of nitrogens with one attached hydrogen (secondary N) is 1. The van der Waals surface area contributed by atoms with Gasteiger partial charge in [0.15, 0.2) is 0 Å². The largest absolute Gasteiger partial charge is 0.497 e. The first kappa shape index (κ1) is 12.9. The highest BCUT2D eigenvalue weighted by atomic mass is 16.5. The van der Waals surface area contributed by atoms with E-state index in [0.717, 1.165) is 42.7 Å². The zero-order chi connectivity index (χ0) is 13.2. The van der Waals surface area contributed by atoms with Crippen molar-refractivity contribution in [3.63, 3.8) is 0 Å². The highest BCUT2D eigenvalue weighted by molar-refractivity contribution is 6.06. The highest BCUT2D eigenvalue weighted by Gasteiger charge is 2.44. The molecule has 1 aromatic carbocycles. The van der Waals surface area contributed by atoms with Gasteiger partial charge < -0.3 is 10.1 Å². The Kier molecular flexibility index (Phi) is 3.60. The number of carbonyl (C=O) groups is 1. The number of hydrogen-bond acceptors (Lipinski definition) is 2. The quantitative estimate of drug-likeness (QED) is 0.865. The lowest BCUT2D eigenvalue weighted by Gasteiger charge is -2.26. The Labute approximate surface area is 109 Å². The number of amides is 1. The van der Waals surface area contributed by atoms with Gasteiger partial charge in [0.1, 0.15) is 5.75 Å². The highest BCUT2D eigenvalue weighted by Crippen LogP contribution is 2.45. The van der Waals surface area contributed by atoms with Crippen molar-refractivity contribution in [2.75, 3.05) is 12.4 Å². The van der Waals surface area contributed by atoms with Crippen LogP contribution in [-0.2, 0) is 10.2 Å². The predicted molar refractivity (Wildman–Crippen MR) is 73.1 cm³/mol. The fraction of sp³-hybridized carbons (Fsp3) is 0.533. The normalized spacial score (nSPS) is 21.6. The molecule has 0 fully saturated rings. The minimum absolute atomic E-state index is 0.140. The molecule has 98 valence electrons. The summed E-state index contributed by atoms with van der Waals surface area (Å²) in [7, 11) is 1.66. The third-order valence-corrected chi connectivity index (χ3v) is 3.99. The van der Waals surface area contributed by atoms with Gasteiger partial charge in [0.25, 0.3) is 0 Å². The van der Waals surface area contributed by atoms with Crippen molar-refractivity contribution >= 4 is 11.6 Å². The maximum Gasteiger partial charge on any atom is 0.235 e. The molecule has 3 nitrogen and oxygen atoms in total. The third-order valence-electron chi connectivity index (χ3n) is 3.99. The SMILES string of the molecule is CCCCC1(CC)C(=O)Nc2ccc(OC)cc21. The maximum atomic E-state index is 12.3. The topological polar surface area (TPSA) is 38.3 Å². The molecule has 0 saturated heterocycles. The number of carbonyl (C=O) groups excluding carboxylic acids is 1. The molecule has 3 heteroatoms. The Morgan fingerprint density at radius 3 is 2.72 bits per heavy atom. The summed E-state index contributed by atoms with van der Waals surface area (Å²) >= 11 is 0. The number of anilines is 1. The van der Waals surface area contributed by atoms with Crippen molar-refractivity contribution < 1.29 is 9.53 Å². The van der Waals surface area contributed by atoms with Crippen molar-refractivity contribution in [1.29, 1.82) is 0 Å². The summed E-state index contributed by atoms with van der Waals surface area (Å²) in [5.41, 5.74) is 1.68. The molecule has 1 aliphatic rings. The molecule has 1 N–H and O–H groups in total. The lowest BCUT2D eigenvalue weighted by molar-refractivity contribution is -0.121. The van der Waals surface area contributed by atoms with Crippen LogP contribution in [0.4, 0.5) is 5.69 Å². The van der Waals surface area contributed by atoms with Crippen LogP contribution in [0.5, 0.6) is 5.75 Å². The Balaban J connectivity index is 2.45. The molecular formula is C15H21NO2. The summed E-state index contributed by atoms with van der Waals surface area (Å²) in [6, 6.07) is 5.84. The smallest absolute Gasteiger partial charge is 0.235 e. The molecule has 1 unspecified atom stereocenters. The molecule has 18 heavy (non-hydrogen) atoms. The molecule has 1 amide bonds. The molecule has 0 aliphatic carbocycles. The molecule has 2 rings (SSSR count). The number of ether oxygens (including phenoxy) is 1. The van der Waals surface area contributed by atoms with Crippen LogP contribution in [0.2, 0.25) is 0 Å². The number of benzene rings is 1. The average molecular weight is 247 g/mol. The van der Waals surface area contributed by atoms with E-state index < -0.39 is 0 Å². The van der Waals surface area contributed by atoms with Crippen LogP contribution in [-0.4, -0.2) is 13.0 Å². The van der Waals surface area contributed by atoms with Gasteiger partial charge in [-0.2, -0.15) is 0 Å². The van der Waals surface area contributed by atoms with Crippen LogP contribution in [0.25, 0.3) is 0 Å². The number of unbranched alkanes of at least 4 members (excludes halogenated alkanes) is 1. The first-order valence-electron chi connectivity index (χ1n) is 6.68. The van der Waals surface area contributed by atoms with E-state index >= 15 is 0 Å². The number of rotatable bonds is 5. The van der Waals surface area contributed by atoms with Gasteiger partial charge in [-0.3, -0.25) is 4.79 Å². The molecule has 1 aliphatic heterocycles. The zero-order valence-corrected chi connectivity index (χ0v) is 11.4. The summed E-state index contributed by atoms with van der Waals surface area (Å²) in [4.78, 5) is 12.3. The van der Waals surface area contributed by atoms with Crippen molar-refractivity contribution in [3.05, 3.63) is 23.8 Å². The molecular weight excluding hydrogens is 226 g/mol. The Hall–Kier alpha value is -1.51. The number of hydrogen-bond donors (Lipinski definition) is 1. The van der Waals surface area contributed by atoms with Crippen molar-refractivity contribution in [3.8, 4) is 5.75 Å². The van der Waals surface area contributed by atoms with Gasteiger partial charge in [-0.05, 0) is 36.6 Å². The van der Waals surface area contributed by atoms with Crippen molar-refractivity contribution in [1.82, 2.24) is 0 Å². The maximum absolute atomic E-state index is 12.3. The van der Waals surface area contributed by atoms with Crippen molar-refractivity contribution in [2.24, 2.45) is 0 Å².